The number of methoxy groups -OCH3 is 1. The van der Waals surface area contributed by atoms with Gasteiger partial charge >= 0.3 is 0 Å². The molecule has 3 N–H and O–H groups in total. The van der Waals surface area contributed by atoms with Crippen LogP contribution in [0, 0.1) is 12.3 Å². The molecule has 0 fully saturated rings. The number of hydrogen-bond donors (Lipinski definition) is 2. The summed E-state index contributed by atoms with van der Waals surface area (Å²) in [6, 6.07) is -0.196. The summed E-state index contributed by atoms with van der Waals surface area (Å²) in [5.74, 6) is 2.37. The van der Waals surface area contributed by atoms with Crippen LogP contribution in [0.15, 0.2) is 0 Å². The molecule has 0 aliphatic heterocycles. The maximum Gasteiger partial charge on any atom is 0.223 e. The molecule has 4 nitrogen and oxygen atoms in total. The zero-order valence-corrected chi connectivity index (χ0v) is 8.75. The molecule has 0 heterocycles. The number of nitrogens with two attached hydrogens (primary N) is 1. The fourth-order valence-corrected chi connectivity index (χ4v) is 0.985. The number of ether oxygens (including phenoxy) is 1. The molecule has 14 heavy (non-hydrogen) atoms. The second-order valence-corrected chi connectivity index (χ2v) is 2.99. The van der Waals surface area contributed by atoms with Crippen LogP contribution in [0.2, 0.25) is 0 Å². The van der Waals surface area contributed by atoms with Crippen molar-refractivity contribution in [2.45, 2.75) is 31.9 Å². The molecule has 0 spiro atoms. The molecule has 0 saturated heterocycles. The predicted molar refractivity (Wildman–Crippen MR) is 55.5 cm³/mol. The Hall–Kier alpha value is -1.05. The first-order valence-electron chi connectivity index (χ1n) is 4.66. The summed E-state index contributed by atoms with van der Waals surface area (Å²) in [6.07, 6.45) is 5.96. The zero-order valence-electron chi connectivity index (χ0n) is 8.75. The second kappa shape index (κ2) is 7.36. The van der Waals surface area contributed by atoms with Crippen molar-refractivity contribution >= 4 is 5.91 Å². The Morgan fingerprint density at radius 1 is 1.71 bits per heavy atom. The van der Waals surface area contributed by atoms with Gasteiger partial charge in [0, 0.05) is 13.7 Å². The highest BCUT2D eigenvalue weighted by Crippen LogP contribution is 1.96. The van der Waals surface area contributed by atoms with Crippen molar-refractivity contribution in [3.05, 3.63) is 0 Å². The van der Waals surface area contributed by atoms with Gasteiger partial charge in [-0.15, -0.1) is 6.42 Å². The lowest BCUT2D eigenvalue weighted by Gasteiger charge is -2.15. The molecule has 0 aromatic heterocycles. The molecule has 2 atom stereocenters. The molecule has 0 aromatic rings. The van der Waals surface area contributed by atoms with E-state index in [0.717, 1.165) is 6.42 Å². The van der Waals surface area contributed by atoms with Gasteiger partial charge in [-0.2, -0.15) is 0 Å². The largest absolute Gasteiger partial charge is 0.380 e. The predicted octanol–water partition coefficient (Wildman–Crippen LogP) is -0.122. The molecule has 0 aromatic carbocycles. The number of terminal acetylenes is 1. The normalized spacial score (nSPS) is 14.1. The Morgan fingerprint density at radius 3 is 2.71 bits per heavy atom. The lowest BCUT2D eigenvalue weighted by molar-refractivity contribution is -0.123. The van der Waals surface area contributed by atoms with Crippen molar-refractivity contribution in [2.75, 3.05) is 13.7 Å². The van der Waals surface area contributed by atoms with E-state index in [9.17, 15) is 4.79 Å². The number of amides is 1. The smallest absolute Gasteiger partial charge is 0.223 e. The average Bonchev–Trinajstić information content (AvgIpc) is 2.22. The zero-order chi connectivity index (χ0) is 11.0. The monoisotopic (exact) mass is 198 g/mol. The molecule has 80 valence electrons. The van der Waals surface area contributed by atoms with Crippen LogP contribution in [-0.2, 0) is 9.53 Å². The average molecular weight is 198 g/mol. The van der Waals surface area contributed by atoms with Gasteiger partial charge in [0.05, 0.1) is 18.6 Å². The van der Waals surface area contributed by atoms with Gasteiger partial charge in [-0.1, -0.05) is 12.8 Å². The minimum Gasteiger partial charge on any atom is -0.380 e. The third kappa shape index (κ3) is 4.85. The van der Waals surface area contributed by atoms with Gasteiger partial charge in [0.1, 0.15) is 0 Å². The molecule has 0 rings (SSSR count). The van der Waals surface area contributed by atoms with Crippen LogP contribution in [0.4, 0.5) is 0 Å². The second-order valence-electron chi connectivity index (χ2n) is 2.99. The van der Waals surface area contributed by atoms with Crippen molar-refractivity contribution in [1.82, 2.24) is 5.32 Å². The minimum atomic E-state index is -0.231. The summed E-state index contributed by atoms with van der Waals surface area (Å²) in [4.78, 5) is 11.4. The van der Waals surface area contributed by atoms with Gasteiger partial charge in [0.2, 0.25) is 5.91 Å². The Morgan fingerprint density at radius 2 is 2.36 bits per heavy atom. The van der Waals surface area contributed by atoms with E-state index in [1.165, 1.54) is 7.11 Å². The van der Waals surface area contributed by atoms with E-state index in [4.69, 9.17) is 16.9 Å². The number of nitrogens with one attached hydrogen (secondary N) is 1. The lowest BCUT2D eigenvalue weighted by atomic mass is 10.2. The van der Waals surface area contributed by atoms with Crippen LogP contribution in [-0.4, -0.2) is 31.7 Å². The molecule has 1 amide bonds. The molecular weight excluding hydrogens is 180 g/mol. The van der Waals surface area contributed by atoms with Crippen molar-refractivity contribution in [1.29, 1.82) is 0 Å². The topological polar surface area (TPSA) is 64.4 Å². The van der Waals surface area contributed by atoms with E-state index in [-0.39, 0.29) is 24.5 Å². The van der Waals surface area contributed by atoms with Crippen molar-refractivity contribution in [3.8, 4) is 12.3 Å². The van der Waals surface area contributed by atoms with Gasteiger partial charge in [0.25, 0.3) is 0 Å². The molecule has 4 heteroatoms. The Bertz CT molecular complexity index is 207. The van der Waals surface area contributed by atoms with Crippen molar-refractivity contribution in [3.63, 3.8) is 0 Å². The first-order chi connectivity index (χ1) is 6.67. The van der Waals surface area contributed by atoms with Gasteiger partial charge in [-0.05, 0) is 6.42 Å². The Balaban J connectivity index is 3.91. The maximum atomic E-state index is 11.4. The summed E-state index contributed by atoms with van der Waals surface area (Å²) < 4.78 is 4.98. The maximum absolute atomic E-state index is 11.4. The molecule has 0 aliphatic carbocycles. The van der Waals surface area contributed by atoms with E-state index < -0.39 is 0 Å². The SMILES string of the molecule is C#CC(CC)NC(=O)CC(CN)OC. The van der Waals surface area contributed by atoms with Crippen molar-refractivity contribution in [2.24, 2.45) is 5.73 Å². The van der Waals surface area contributed by atoms with Crippen LogP contribution < -0.4 is 11.1 Å². The minimum absolute atomic E-state index is 0.118. The Labute approximate surface area is 85.2 Å². The van der Waals surface area contributed by atoms with Crippen molar-refractivity contribution < 1.29 is 9.53 Å². The fraction of sp³-hybridized carbons (Fsp3) is 0.700. The van der Waals surface area contributed by atoms with Gasteiger partial charge in [-0.25, -0.2) is 0 Å². The van der Waals surface area contributed by atoms with E-state index in [0.29, 0.717) is 6.54 Å². The highest BCUT2D eigenvalue weighted by molar-refractivity contribution is 5.77. The van der Waals surface area contributed by atoms with Crippen LogP contribution in [0.5, 0.6) is 0 Å². The third-order valence-corrected chi connectivity index (χ3v) is 1.95. The number of hydrogen-bond acceptors (Lipinski definition) is 3. The standard InChI is InChI=1S/C10H18N2O2/c1-4-8(5-2)12-10(13)6-9(7-11)14-3/h1,8-9H,5-7,11H2,2-3H3,(H,12,13). The Kier molecular flexibility index (Phi) is 6.81. The molecule has 0 aliphatic rings. The summed E-state index contributed by atoms with van der Waals surface area (Å²) in [6.45, 7) is 2.25. The quantitative estimate of drug-likeness (QED) is 0.585. The molecular formula is C10H18N2O2. The summed E-state index contributed by atoms with van der Waals surface area (Å²) in [5, 5.41) is 2.70. The summed E-state index contributed by atoms with van der Waals surface area (Å²) in [7, 11) is 1.53. The van der Waals surface area contributed by atoms with Crippen LogP contribution >= 0.6 is 0 Å². The van der Waals surface area contributed by atoms with E-state index in [1.807, 2.05) is 6.92 Å². The van der Waals surface area contributed by atoms with Crippen LogP contribution in [0.3, 0.4) is 0 Å². The molecule has 0 bridgehead atoms. The van der Waals surface area contributed by atoms with Gasteiger partial charge < -0.3 is 15.8 Å². The number of carbonyl (C=O) groups excluding carboxylic acids is 1. The highest BCUT2D eigenvalue weighted by atomic mass is 16.5. The first kappa shape index (κ1) is 12.9. The van der Waals surface area contributed by atoms with E-state index in [2.05, 4.69) is 11.2 Å². The number of rotatable bonds is 6. The van der Waals surface area contributed by atoms with Crippen LogP contribution in [0.1, 0.15) is 19.8 Å². The van der Waals surface area contributed by atoms with Crippen LogP contribution in [0.25, 0.3) is 0 Å². The van der Waals surface area contributed by atoms with Gasteiger partial charge in [0.15, 0.2) is 0 Å². The first-order valence-corrected chi connectivity index (χ1v) is 4.66. The summed E-state index contributed by atoms with van der Waals surface area (Å²) in [5.41, 5.74) is 5.38. The molecule has 0 radical (unpaired) electrons. The fourth-order valence-electron chi connectivity index (χ4n) is 0.985. The summed E-state index contributed by atoms with van der Waals surface area (Å²) >= 11 is 0. The highest BCUT2D eigenvalue weighted by Gasteiger charge is 2.13. The molecule has 0 saturated carbocycles. The van der Waals surface area contributed by atoms with Gasteiger partial charge in [-0.3, -0.25) is 4.79 Å². The van der Waals surface area contributed by atoms with E-state index >= 15 is 0 Å². The molecule has 2 unspecified atom stereocenters. The lowest BCUT2D eigenvalue weighted by Crippen LogP contribution is -2.37. The number of carbonyl (C=O) groups is 1. The third-order valence-electron chi connectivity index (χ3n) is 1.95. The van der Waals surface area contributed by atoms with E-state index in [1.54, 1.807) is 0 Å².